The number of amides is 1. The molecule has 4 heteroatoms. The number of nitrogens with one attached hydrogen (secondary N) is 2. The van der Waals surface area contributed by atoms with Gasteiger partial charge in [0.25, 0.3) is 0 Å². The molecule has 0 bridgehead atoms. The largest absolute Gasteiger partial charge is 0.387 e. The SMILES string of the molecule is CC(=O)Nc1cccc(NCC(O)c2ccccc2)c1. The van der Waals surface area contributed by atoms with Gasteiger partial charge in [-0.15, -0.1) is 0 Å². The molecule has 0 aliphatic rings. The quantitative estimate of drug-likeness (QED) is 0.783. The van der Waals surface area contributed by atoms with Gasteiger partial charge < -0.3 is 15.7 Å². The highest BCUT2D eigenvalue weighted by molar-refractivity contribution is 5.89. The molecule has 20 heavy (non-hydrogen) atoms. The molecule has 0 aliphatic carbocycles. The van der Waals surface area contributed by atoms with E-state index in [0.29, 0.717) is 6.54 Å². The molecule has 1 amide bonds. The van der Waals surface area contributed by atoms with Crippen LogP contribution in [0.15, 0.2) is 54.6 Å². The monoisotopic (exact) mass is 270 g/mol. The molecular weight excluding hydrogens is 252 g/mol. The van der Waals surface area contributed by atoms with Gasteiger partial charge in [-0.25, -0.2) is 0 Å². The fraction of sp³-hybridized carbons (Fsp3) is 0.188. The average Bonchev–Trinajstić information content (AvgIpc) is 2.45. The van der Waals surface area contributed by atoms with Crippen LogP contribution >= 0.6 is 0 Å². The van der Waals surface area contributed by atoms with Gasteiger partial charge in [0.2, 0.25) is 5.91 Å². The molecule has 0 heterocycles. The summed E-state index contributed by atoms with van der Waals surface area (Å²) in [7, 11) is 0. The normalized spacial score (nSPS) is 11.7. The molecule has 0 aromatic heterocycles. The second-order valence-corrected chi connectivity index (χ2v) is 4.57. The van der Waals surface area contributed by atoms with Crippen molar-refractivity contribution in [3.05, 3.63) is 60.2 Å². The predicted octanol–water partition coefficient (Wildman–Crippen LogP) is 2.79. The lowest BCUT2D eigenvalue weighted by molar-refractivity contribution is -0.114. The van der Waals surface area contributed by atoms with Crippen molar-refractivity contribution < 1.29 is 9.90 Å². The summed E-state index contributed by atoms with van der Waals surface area (Å²) < 4.78 is 0. The van der Waals surface area contributed by atoms with Crippen LogP contribution in [0.2, 0.25) is 0 Å². The number of carbonyl (C=O) groups is 1. The number of anilines is 2. The van der Waals surface area contributed by atoms with E-state index in [1.807, 2.05) is 54.6 Å². The summed E-state index contributed by atoms with van der Waals surface area (Å²) >= 11 is 0. The Bertz CT molecular complexity index is 570. The van der Waals surface area contributed by atoms with Crippen LogP contribution in [-0.4, -0.2) is 17.6 Å². The second-order valence-electron chi connectivity index (χ2n) is 4.57. The first-order chi connectivity index (χ1) is 9.65. The molecule has 0 saturated carbocycles. The topological polar surface area (TPSA) is 61.4 Å². The van der Waals surface area contributed by atoms with Gasteiger partial charge in [0, 0.05) is 24.8 Å². The van der Waals surface area contributed by atoms with Crippen LogP contribution in [0.3, 0.4) is 0 Å². The average molecular weight is 270 g/mol. The Hall–Kier alpha value is -2.33. The van der Waals surface area contributed by atoms with Crippen molar-refractivity contribution in [1.29, 1.82) is 0 Å². The molecule has 2 rings (SSSR count). The maximum Gasteiger partial charge on any atom is 0.221 e. The summed E-state index contributed by atoms with van der Waals surface area (Å²) in [5.74, 6) is -0.105. The van der Waals surface area contributed by atoms with Crippen LogP contribution in [-0.2, 0) is 4.79 Å². The minimum Gasteiger partial charge on any atom is -0.387 e. The van der Waals surface area contributed by atoms with Crippen molar-refractivity contribution in [2.45, 2.75) is 13.0 Å². The molecular formula is C16H18N2O2. The molecule has 0 spiro atoms. The summed E-state index contributed by atoms with van der Waals surface area (Å²) in [6.07, 6.45) is -0.569. The number of rotatable bonds is 5. The standard InChI is InChI=1S/C16H18N2O2/c1-12(19)18-15-9-5-8-14(10-15)17-11-16(20)13-6-3-2-4-7-13/h2-10,16-17,20H,11H2,1H3,(H,18,19). The molecule has 4 nitrogen and oxygen atoms in total. The maximum atomic E-state index is 11.0. The smallest absolute Gasteiger partial charge is 0.221 e. The van der Waals surface area contributed by atoms with Crippen LogP contribution in [0.1, 0.15) is 18.6 Å². The zero-order valence-electron chi connectivity index (χ0n) is 11.3. The highest BCUT2D eigenvalue weighted by Gasteiger charge is 2.06. The van der Waals surface area contributed by atoms with E-state index in [9.17, 15) is 9.90 Å². The van der Waals surface area contributed by atoms with E-state index >= 15 is 0 Å². The van der Waals surface area contributed by atoms with Gasteiger partial charge in [0.1, 0.15) is 0 Å². The van der Waals surface area contributed by atoms with Gasteiger partial charge in [-0.3, -0.25) is 4.79 Å². The summed E-state index contributed by atoms with van der Waals surface area (Å²) in [6, 6.07) is 16.9. The number of aliphatic hydroxyl groups is 1. The highest BCUT2D eigenvalue weighted by Crippen LogP contribution is 2.17. The lowest BCUT2D eigenvalue weighted by atomic mass is 10.1. The molecule has 2 aromatic carbocycles. The van der Waals surface area contributed by atoms with Crippen molar-refractivity contribution in [2.24, 2.45) is 0 Å². The van der Waals surface area contributed by atoms with Crippen LogP contribution < -0.4 is 10.6 Å². The zero-order chi connectivity index (χ0) is 14.4. The van der Waals surface area contributed by atoms with Crippen LogP contribution in [0.5, 0.6) is 0 Å². The number of aliphatic hydroxyl groups excluding tert-OH is 1. The molecule has 2 aromatic rings. The number of carbonyl (C=O) groups excluding carboxylic acids is 1. The Balaban J connectivity index is 1.95. The van der Waals surface area contributed by atoms with E-state index in [0.717, 1.165) is 16.9 Å². The summed E-state index contributed by atoms with van der Waals surface area (Å²) in [5.41, 5.74) is 2.46. The van der Waals surface area contributed by atoms with E-state index < -0.39 is 6.10 Å². The van der Waals surface area contributed by atoms with Gasteiger partial charge in [0.15, 0.2) is 0 Å². The summed E-state index contributed by atoms with van der Waals surface area (Å²) in [4.78, 5) is 11.0. The maximum absolute atomic E-state index is 11.0. The minimum atomic E-state index is -0.569. The fourth-order valence-electron chi connectivity index (χ4n) is 1.92. The molecule has 1 atom stereocenters. The first-order valence-corrected chi connectivity index (χ1v) is 6.49. The third-order valence-electron chi connectivity index (χ3n) is 2.87. The first kappa shape index (κ1) is 14.1. The Morgan fingerprint density at radius 3 is 2.50 bits per heavy atom. The zero-order valence-corrected chi connectivity index (χ0v) is 11.3. The molecule has 0 aliphatic heterocycles. The van der Waals surface area contributed by atoms with Crippen LogP contribution in [0, 0.1) is 0 Å². The lowest BCUT2D eigenvalue weighted by Gasteiger charge is -2.14. The molecule has 0 radical (unpaired) electrons. The van der Waals surface area contributed by atoms with Gasteiger partial charge in [-0.2, -0.15) is 0 Å². The molecule has 1 unspecified atom stereocenters. The van der Waals surface area contributed by atoms with Crippen molar-refractivity contribution in [3.8, 4) is 0 Å². The van der Waals surface area contributed by atoms with E-state index in [4.69, 9.17) is 0 Å². The highest BCUT2D eigenvalue weighted by atomic mass is 16.3. The minimum absolute atomic E-state index is 0.105. The summed E-state index contributed by atoms with van der Waals surface area (Å²) in [6.45, 7) is 1.88. The molecule has 0 saturated heterocycles. The summed E-state index contributed by atoms with van der Waals surface area (Å²) in [5, 5.41) is 15.9. The van der Waals surface area contributed by atoms with Crippen LogP contribution in [0.25, 0.3) is 0 Å². The fourth-order valence-corrected chi connectivity index (χ4v) is 1.92. The third kappa shape index (κ3) is 4.10. The van der Waals surface area contributed by atoms with E-state index in [2.05, 4.69) is 10.6 Å². The van der Waals surface area contributed by atoms with Crippen molar-refractivity contribution in [1.82, 2.24) is 0 Å². The Morgan fingerprint density at radius 2 is 1.80 bits per heavy atom. The van der Waals surface area contributed by atoms with E-state index in [1.165, 1.54) is 6.92 Å². The van der Waals surface area contributed by atoms with Gasteiger partial charge in [-0.05, 0) is 23.8 Å². The number of hydrogen-bond acceptors (Lipinski definition) is 3. The number of hydrogen-bond donors (Lipinski definition) is 3. The molecule has 104 valence electrons. The van der Waals surface area contributed by atoms with Crippen molar-refractivity contribution >= 4 is 17.3 Å². The van der Waals surface area contributed by atoms with Gasteiger partial charge in [0.05, 0.1) is 6.10 Å². The third-order valence-corrected chi connectivity index (χ3v) is 2.87. The number of benzene rings is 2. The lowest BCUT2D eigenvalue weighted by Crippen LogP contribution is -2.12. The van der Waals surface area contributed by atoms with Crippen molar-refractivity contribution in [2.75, 3.05) is 17.2 Å². The predicted molar refractivity (Wildman–Crippen MR) is 80.6 cm³/mol. The van der Waals surface area contributed by atoms with Gasteiger partial charge in [-0.1, -0.05) is 36.4 Å². The Kier molecular flexibility index (Phi) is 4.74. The van der Waals surface area contributed by atoms with E-state index in [-0.39, 0.29) is 5.91 Å². The molecule has 3 N–H and O–H groups in total. The van der Waals surface area contributed by atoms with Crippen molar-refractivity contribution in [3.63, 3.8) is 0 Å². The van der Waals surface area contributed by atoms with Gasteiger partial charge >= 0.3 is 0 Å². The van der Waals surface area contributed by atoms with Crippen LogP contribution in [0.4, 0.5) is 11.4 Å². The second kappa shape index (κ2) is 6.73. The first-order valence-electron chi connectivity index (χ1n) is 6.49. The van der Waals surface area contributed by atoms with E-state index in [1.54, 1.807) is 0 Å². The Morgan fingerprint density at radius 1 is 1.10 bits per heavy atom. The molecule has 0 fully saturated rings. The Labute approximate surface area is 118 Å².